The van der Waals surface area contributed by atoms with Crippen molar-refractivity contribution >= 4 is 13.7 Å². The number of H-pyrrole nitrogens is 1. The van der Waals surface area contributed by atoms with Crippen molar-refractivity contribution in [1.29, 1.82) is 0 Å². The number of alkyl halides is 1. The van der Waals surface area contributed by atoms with Gasteiger partial charge in [0.05, 0.1) is 12.7 Å². The molecule has 2 unspecified atom stereocenters. The molecule has 6 atom stereocenters. The summed E-state index contributed by atoms with van der Waals surface area (Å²) in [4.78, 5) is 37.7. The van der Waals surface area contributed by atoms with Crippen LogP contribution in [0, 0.1) is 0 Å². The summed E-state index contributed by atoms with van der Waals surface area (Å²) in [6.45, 7) is 5.07. The van der Waals surface area contributed by atoms with Crippen LogP contribution in [0.2, 0.25) is 0 Å². The summed E-state index contributed by atoms with van der Waals surface area (Å²) >= 11 is 0. The third kappa shape index (κ3) is 6.48. The van der Waals surface area contributed by atoms with E-state index in [0.29, 0.717) is 0 Å². The number of aromatic nitrogens is 2. The minimum absolute atomic E-state index is 0.152. The number of halogens is 1. The van der Waals surface area contributed by atoms with Gasteiger partial charge in [0.1, 0.15) is 24.0 Å². The molecule has 2 aromatic rings. The highest BCUT2D eigenvalue weighted by Crippen LogP contribution is 2.47. The van der Waals surface area contributed by atoms with Gasteiger partial charge in [-0.05, 0) is 39.8 Å². The van der Waals surface area contributed by atoms with Gasteiger partial charge in [-0.1, -0.05) is 18.2 Å². The maximum absolute atomic E-state index is 15.4. The Balaban J connectivity index is 1.80. The van der Waals surface area contributed by atoms with Gasteiger partial charge in [0.15, 0.2) is 11.9 Å². The fourth-order valence-electron chi connectivity index (χ4n) is 3.47. The lowest BCUT2D eigenvalue weighted by molar-refractivity contribution is -0.149. The second-order valence-corrected chi connectivity index (χ2v) is 10.4. The van der Waals surface area contributed by atoms with E-state index in [1.165, 1.54) is 19.1 Å². The fraction of sp³-hybridized carbons (Fsp3) is 0.500. The normalized spacial score (nSPS) is 26.4. The Morgan fingerprint density at radius 1 is 1.28 bits per heavy atom. The highest BCUT2D eigenvalue weighted by molar-refractivity contribution is 7.52. The number of hydrogen-bond acceptors (Lipinski definition) is 9. The van der Waals surface area contributed by atoms with Crippen LogP contribution >= 0.6 is 7.75 Å². The van der Waals surface area contributed by atoms with E-state index in [9.17, 15) is 24.1 Å². The number of carbonyl (C=O) groups is 1. The first kappa shape index (κ1) is 27.8. The van der Waals surface area contributed by atoms with Gasteiger partial charge in [-0.2, -0.15) is 5.09 Å². The predicted molar refractivity (Wildman–Crippen MR) is 125 cm³/mol. The van der Waals surface area contributed by atoms with Gasteiger partial charge < -0.3 is 19.1 Å². The molecule has 3 rings (SSSR count). The summed E-state index contributed by atoms with van der Waals surface area (Å²) in [5.74, 6) is -0.560. The van der Waals surface area contributed by atoms with E-state index in [1.807, 2.05) is 4.98 Å². The molecular formula is C22H29FN3O9P. The van der Waals surface area contributed by atoms with Crippen LogP contribution in [0.3, 0.4) is 0 Å². The molecule has 14 heteroatoms. The second-order valence-electron chi connectivity index (χ2n) is 8.67. The van der Waals surface area contributed by atoms with Crippen molar-refractivity contribution in [2.45, 2.75) is 63.9 Å². The summed E-state index contributed by atoms with van der Waals surface area (Å²) in [6, 6.07) is 7.86. The zero-order valence-electron chi connectivity index (χ0n) is 20.1. The number of esters is 1. The first-order valence-electron chi connectivity index (χ1n) is 11.1. The highest BCUT2D eigenvalue weighted by Gasteiger charge is 2.55. The molecule has 198 valence electrons. The van der Waals surface area contributed by atoms with E-state index < -0.39 is 67.8 Å². The lowest BCUT2D eigenvalue weighted by Crippen LogP contribution is -2.43. The molecule has 1 aliphatic heterocycles. The number of rotatable bonds is 10. The smallest absolute Gasteiger partial charge is 0.459 e. The number of carbonyl (C=O) groups excluding carboxylic acids is 1. The van der Waals surface area contributed by atoms with Gasteiger partial charge in [0, 0.05) is 12.3 Å². The number of benzene rings is 1. The third-order valence-electron chi connectivity index (χ3n) is 5.26. The van der Waals surface area contributed by atoms with Crippen LogP contribution in [-0.4, -0.2) is 57.3 Å². The summed E-state index contributed by atoms with van der Waals surface area (Å²) in [6.07, 6.45) is -4.21. The number of ether oxygens (including phenoxy) is 2. The Hall–Kier alpha value is -2.83. The van der Waals surface area contributed by atoms with E-state index in [-0.39, 0.29) is 5.75 Å². The van der Waals surface area contributed by atoms with Gasteiger partial charge >= 0.3 is 19.4 Å². The lowest BCUT2D eigenvalue weighted by atomic mass is 9.98. The van der Waals surface area contributed by atoms with Crippen LogP contribution in [0.25, 0.3) is 0 Å². The Morgan fingerprint density at radius 2 is 1.94 bits per heavy atom. The molecule has 36 heavy (non-hydrogen) atoms. The van der Waals surface area contributed by atoms with Gasteiger partial charge in [-0.25, -0.2) is 13.8 Å². The molecule has 0 radical (unpaired) electrons. The Bertz CT molecular complexity index is 1220. The van der Waals surface area contributed by atoms with Crippen LogP contribution in [-0.2, 0) is 23.4 Å². The molecule has 1 aromatic carbocycles. The maximum atomic E-state index is 15.4. The average molecular weight is 529 g/mol. The zero-order chi connectivity index (χ0) is 26.7. The number of nitrogens with zero attached hydrogens (tertiary/aromatic N) is 1. The van der Waals surface area contributed by atoms with E-state index in [4.69, 9.17) is 18.5 Å². The standard InChI is InChI=1S/C22H29FN3O9P/c1-13(2)33-19(29)14(3)25-36(31,35-15-8-6-5-7-9-15)32-12-16-18(28)22(4,23)20(34-16)26-11-10-17(27)24-21(26)30/h5-11,13-14,16,18,20,28H,12H2,1-4H3,(H,25,31)(H,24,27,30)/t14-,16-,18-,20-,22?,36?/m1/s1. The average Bonchev–Trinajstić information content (AvgIpc) is 3.01. The summed E-state index contributed by atoms with van der Waals surface area (Å²) in [7, 11) is -4.30. The minimum Gasteiger partial charge on any atom is -0.462 e. The van der Waals surface area contributed by atoms with E-state index in [0.717, 1.165) is 23.8 Å². The number of hydrogen-bond donors (Lipinski definition) is 3. The molecule has 0 spiro atoms. The topological polar surface area (TPSA) is 158 Å². The highest BCUT2D eigenvalue weighted by atomic mass is 31.2. The molecule has 3 N–H and O–H groups in total. The van der Waals surface area contributed by atoms with E-state index in [1.54, 1.807) is 32.0 Å². The summed E-state index contributed by atoms with van der Waals surface area (Å²) in [5.41, 5.74) is -4.12. The molecule has 1 fully saturated rings. The molecule has 1 aromatic heterocycles. The van der Waals surface area contributed by atoms with Crippen molar-refractivity contribution in [2.75, 3.05) is 6.61 Å². The van der Waals surface area contributed by atoms with Crippen molar-refractivity contribution in [1.82, 2.24) is 14.6 Å². The van der Waals surface area contributed by atoms with Crippen molar-refractivity contribution in [3.63, 3.8) is 0 Å². The molecule has 0 bridgehead atoms. The number of nitrogens with one attached hydrogen (secondary N) is 2. The largest absolute Gasteiger partial charge is 0.462 e. The predicted octanol–water partition coefficient (Wildman–Crippen LogP) is 1.66. The SMILES string of the molecule is CC(C)OC(=O)[C@@H](C)NP(=O)(OC[C@H]1O[C@@H](n2ccc(=O)[nH]c2=O)C(C)(F)[C@@H]1O)Oc1ccccc1. The number of aromatic amines is 1. The number of aliphatic hydroxyl groups is 1. The summed E-state index contributed by atoms with van der Waals surface area (Å²) < 4.78 is 51.4. The molecule has 0 saturated carbocycles. The monoisotopic (exact) mass is 529 g/mol. The van der Waals surface area contributed by atoms with E-state index in [2.05, 4.69) is 5.09 Å². The van der Waals surface area contributed by atoms with Crippen LogP contribution in [0.4, 0.5) is 4.39 Å². The van der Waals surface area contributed by atoms with Gasteiger partial charge in [0.2, 0.25) is 0 Å². The van der Waals surface area contributed by atoms with Crippen molar-refractivity contribution in [3.8, 4) is 5.75 Å². The minimum atomic E-state index is -4.30. The number of para-hydroxylation sites is 1. The molecular weight excluding hydrogens is 500 g/mol. The molecule has 1 saturated heterocycles. The fourth-order valence-corrected chi connectivity index (χ4v) is 4.97. The first-order valence-corrected chi connectivity index (χ1v) is 12.7. The third-order valence-corrected chi connectivity index (χ3v) is 6.90. The van der Waals surface area contributed by atoms with Crippen LogP contribution in [0.1, 0.15) is 33.9 Å². The van der Waals surface area contributed by atoms with E-state index >= 15 is 4.39 Å². The second kappa shape index (κ2) is 11.1. The summed E-state index contributed by atoms with van der Waals surface area (Å²) in [5, 5.41) is 13.0. The van der Waals surface area contributed by atoms with Crippen molar-refractivity contribution < 1.29 is 37.4 Å². The maximum Gasteiger partial charge on any atom is 0.459 e. The zero-order valence-corrected chi connectivity index (χ0v) is 21.0. The Kier molecular flexibility index (Phi) is 8.52. The quantitative estimate of drug-likeness (QED) is 0.305. The Labute approximate surface area is 205 Å². The van der Waals surface area contributed by atoms with Gasteiger partial charge in [-0.15, -0.1) is 0 Å². The lowest BCUT2D eigenvalue weighted by Gasteiger charge is -2.25. The van der Waals surface area contributed by atoms with Gasteiger partial charge in [0.25, 0.3) is 5.56 Å². The molecule has 2 heterocycles. The van der Waals surface area contributed by atoms with Gasteiger partial charge in [-0.3, -0.25) is 23.7 Å². The Morgan fingerprint density at radius 3 is 2.56 bits per heavy atom. The van der Waals surface area contributed by atoms with Crippen LogP contribution < -0.4 is 20.9 Å². The molecule has 1 aliphatic rings. The van der Waals surface area contributed by atoms with Crippen molar-refractivity contribution in [3.05, 3.63) is 63.4 Å². The van der Waals surface area contributed by atoms with Crippen LogP contribution in [0.15, 0.2) is 52.2 Å². The van der Waals surface area contributed by atoms with Crippen molar-refractivity contribution in [2.24, 2.45) is 0 Å². The molecule has 12 nitrogen and oxygen atoms in total. The first-order chi connectivity index (χ1) is 16.8. The van der Waals surface area contributed by atoms with Crippen LogP contribution in [0.5, 0.6) is 5.75 Å². The number of aliphatic hydroxyl groups excluding tert-OH is 1. The molecule has 0 amide bonds. The molecule has 0 aliphatic carbocycles.